The average Bonchev–Trinajstić information content (AvgIpc) is 2.47. The first-order valence-corrected chi connectivity index (χ1v) is 8.20. The smallest absolute Gasteiger partial charge is 0.277 e. The Morgan fingerprint density at radius 2 is 1.38 bits per heavy atom. The van der Waals surface area contributed by atoms with Crippen molar-refractivity contribution in [2.24, 2.45) is 5.41 Å². The summed E-state index contributed by atoms with van der Waals surface area (Å²) in [4.78, 5) is 39.1. The van der Waals surface area contributed by atoms with Gasteiger partial charge in [0, 0.05) is 5.54 Å². The minimum absolute atomic E-state index is 0.236. The second-order valence-corrected chi connectivity index (χ2v) is 7.10. The van der Waals surface area contributed by atoms with Gasteiger partial charge in [0.25, 0.3) is 0 Å². The van der Waals surface area contributed by atoms with Gasteiger partial charge in [0.05, 0.1) is 0 Å². The van der Waals surface area contributed by atoms with Gasteiger partial charge in [0.15, 0.2) is 0 Å². The third-order valence-electron chi connectivity index (χ3n) is 5.65. The van der Waals surface area contributed by atoms with Crippen LogP contribution < -0.4 is 5.32 Å². The van der Waals surface area contributed by atoms with Crippen molar-refractivity contribution < 1.29 is 14.4 Å². The van der Waals surface area contributed by atoms with Crippen LogP contribution in [-0.4, -0.2) is 28.3 Å². The molecule has 0 aromatic heterocycles. The van der Waals surface area contributed by atoms with E-state index in [0.717, 1.165) is 51.4 Å². The van der Waals surface area contributed by atoms with Crippen molar-refractivity contribution in [2.75, 3.05) is 0 Å². The number of amides is 4. The Kier molecular flexibility index (Phi) is 3.54. The van der Waals surface area contributed by atoms with Crippen LogP contribution in [0.2, 0.25) is 0 Å². The molecule has 1 heterocycles. The van der Waals surface area contributed by atoms with Gasteiger partial charge < -0.3 is 0 Å². The predicted molar refractivity (Wildman–Crippen MR) is 77.4 cm³/mol. The summed E-state index contributed by atoms with van der Waals surface area (Å²) in [6.07, 6.45) is 8.91. The Labute approximate surface area is 125 Å². The van der Waals surface area contributed by atoms with Crippen molar-refractivity contribution in [2.45, 2.75) is 76.7 Å². The highest BCUT2D eigenvalue weighted by molar-refractivity contribution is 6.19. The first-order valence-electron chi connectivity index (χ1n) is 8.20. The molecule has 0 radical (unpaired) electrons. The Bertz CT molecular complexity index is 474. The zero-order chi connectivity index (χ0) is 15.1. The molecule has 0 aromatic rings. The molecule has 5 heteroatoms. The fourth-order valence-electron chi connectivity index (χ4n) is 4.30. The molecule has 0 bridgehead atoms. The second-order valence-electron chi connectivity index (χ2n) is 7.10. The van der Waals surface area contributed by atoms with Crippen LogP contribution in [0.25, 0.3) is 0 Å². The van der Waals surface area contributed by atoms with E-state index >= 15 is 0 Å². The zero-order valence-corrected chi connectivity index (χ0v) is 12.7. The van der Waals surface area contributed by atoms with Gasteiger partial charge in [-0.3, -0.25) is 19.8 Å². The maximum atomic E-state index is 13.1. The molecule has 4 amide bonds. The molecular weight excluding hydrogens is 268 g/mol. The van der Waals surface area contributed by atoms with Crippen molar-refractivity contribution in [3.05, 3.63) is 0 Å². The highest BCUT2D eigenvalue weighted by atomic mass is 16.2. The zero-order valence-electron chi connectivity index (χ0n) is 12.7. The lowest BCUT2D eigenvalue weighted by molar-refractivity contribution is -0.158. The molecule has 0 atom stereocenters. The van der Waals surface area contributed by atoms with Crippen LogP contribution in [0, 0.1) is 5.41 Å². The van der Waals surface area contributed by atoms with Crippen LogP contribution >= 0.6 is 0 Å². The molecule has 0 aromatic carbocycles. The molecule has 3 rings (SSSR count). The molecular formula is C16H24N2O3. The Morgan fingerprint density at radius 1 is 0.857 bits per heavy atom. The predicted octanol–water partition coefficient (Wildman–Crippen LogP) is 2.74. The summed E-state index contributed by atoms with van der Waals surface area (Å²) in [7, 11) is 0. The molecule has 0 unspecified atom stereocenters. The first kappa shape index (κ1) is 14.5. The first-order chi connectivity index (χ1) is 10.00. The highest BCUT2D eigenvalue weighted by Crippen LogP contribution is 2.44. The number of imide groups is 2. The largest absolute Gasteiger partial charge is 0.331 e. The summed E-state index contributed by atoms with van der Waals surface area (Å²) in [5, 5.41) is 2.47. The number of rotatable bonds is 1. The van der Waals surface area contributed by atoms with Gasteiger partial charge in [-0.05, 0) is 32.6 Å². The maximum absolute atomic E-state index is 13.1. The molecule has 3 fully saturated rings. The third kappa shape index (κ3) is 2.17. The molecule has 2 aliphatic carbocycles. The number of nitrogens with one attached hydrogen (secondary N) is 1. The molecule has 3 aliphatic rings. The lowest BCUT2D eigenvalue weighted by Gasteiger charge is -2.49. The van der Waals surface area contributed by atoms with E-state index in [1.807, 2.05) is 6.92 Å². The van der Waals surface area contributed by atoms with Crippen LogP contribution in [0.3, 0.4) is 0 Å². The second kappa shape index (κ2) is 5.11. The lowest BCUT2D eigenvalue weighted by atomic mass is 9.69. The minimum Gasteiger partial charge on any atom is -0.277 e. The summed E-state index contributed by atoms with van der Waals surface area (Å²) in [6.45, 7) is 2.00. The average molecular weight is 292 g/mol. The van der Waals surface area contributed by atoms with Crippen LogP contribution in [-0.2, 0) is 9.59 Å². The number of hydrogen-bond acceptors (Lipinski definition) is 3. The van der Waals surface area contributed by atoms with E-state index in [1.165, 1.54) is 4.90 Å². The molecule has 1 aliphatic heterocycles. The van der Waals surface area contributed by atoms with E-state index in [4.69, 9.17) is 0 Å². The van der Waals surface area contributed by atoms with Gasteiger partial charge in [0.1, 0.15) is 5.41 Å². The Hall–Kier alpha value is -1.39. The molecule has 1 saturated heterocycles. The van der Waals surface area contributed by atoms with Crippen LogP contribution in [0.5, 0.6) is 0 Å². The maximum Gasteiger partial charge on any atom is 0.331 e. The van der Waals surface area contributed by atoms with E-state index < -0.39 is 17.0 Å². The number of urea groups is 1. The summed E-state index contributed by atoms with van der Waals surface area (Å²) in [6, 6.07) is -0.509. The fourth-order valence-corrected chi connectivity index (χ4v) is 4.30. The minimum atomic E-state index is -0.980. The van der Waals surface area contributed by atoms with Crippen LogP contribution in [0.4, 0.5) is 4.79 Å². The molecule has 5 nitrogen and oxygen atoms in total. The van der Waals surface area contributed by atoms with Crippen molar-refractivity contribution in [1.29, 1.82) is 0 Å². The Morgan fingerprint density at radius 3 is 1.95 bits per heavy atom. The summed E-state index contributed by atoms with van der Waals surface area (Å²) < 4.78 is 0. The summed E-state index contributed by atoms with van der Waals surface area (Å²) >= 11 is 0. The summed E-state index contributed by atoms with van der Waals surface area (Å²) in [5.41, 5.74) is -1.41. The van der Waals surface area contributed by atoms with Crippen LogP contribution in [0.15, 0.2) is 0 Å². The van der Waals surface area contributed by atoms with Gasteiger partial charge in [-0.15, -0.1) is 0 Å². The monoisotopic (exact) mass is 292 g/mol. The van der Waals surface area contributed by atoms with E-state index in [0.29, 0.717) is 12.8 Å². The number of nitrogens with zero attached hydrogens (tertiary/aromatic N) is 1. The number of carbonyl (C=O) groups excluding carboxylic acids is 3. The number of hydrogen-bond donors (Lipinski definition) is 1. The van der Waals surface area contributed by atoms with Gasteiger partial charge >= 0.3 is 6.03 Å². The van der Waals surface area contributed by atoms with E-state index in [1.54, 1.807) is 0 Å². The topological polar surface area (TPSA) is 66.5 Å². The van der Waals surface area contributed by atoms with Crippen LogP contribution in [0.1, 0.15) is 71.1 Å². The van der Waals surface area contributed by atoms with Gasteiger partial charge in [-0.25, -0.2) is 4.79 Å². The van der Waals surface area contributed by atoms with Crippen molar-refractivity contribution in [3.8, 4) is 0 Å². The molecule has 21 heavy (non-hydrogen) atoms. The number of barbiturate groups is 1. The standard InChI is InChI=1S/C16H24N2O3/c1-15(8-4-2-5-9-15)18-13(20)16(10-6-3-7-11-16)12(19)17-14(18)21/h2-11H2,1H3,(H,17,19,21). The van der Waals surface area contributed by atoms with Gasteiger partial charge in [-0.1, -0.05) is 38.5 Å². The Balaban J connectivity index is 1.94. The van der Waals surface area contributed by atoms with Crippen molar-refractivity contribution >= 4 is 17.8 Å². The van der Waals surface area contributed by atoms with Crippen molar-refractivity contribution in [1.82, 2.24) is 10.2 Å². The van der Waals surface area contributed by atoms with E-state index in [2.05, 4.69) is 5.32 Å². The molecule has 1 spiro atoms. The normalized spacial score (nSPS) is 28.6. The molecule has 116 valence electrons. The third-order valence-corrected chi connectivity index (χ3v) is 5.65. The highest BCUT2D eigenvalue weighted by Gasteiger charge is 2.57. The van der Waals surface area contributed by atoms with Crippen molar-refractivity contribution in [3.63, 3.8) is 0 Å². The quantitative estimate of drug-likeness (QED) is 0.756. The number of carbonyl (C=O) groups is 3. The lowest BCUT2D eigenvalue weighted by Crippen LogP contribution is -2.69. The molecule has 2 saturated carbocycles. The molecule has 1 N–H and O–H groups in total. The van der Waals surface area contributed by atoms with E-state index in [9.17, 15) is 14.4 Å². The SMILES string of the molecule is CC1(N2C(=O)NC(=O)C3(CCCCC3)C2=O)CCCCC1. The summed E-state index contributed by atoms with van der Waals surface area (Å²) in [5.74, 6) is -0.604. The van der Waals surface area contributed by atoms with Gasteiger partial charge in [-0.2, -0.15) is 0 Å². The van der Waals surface area contributed by atoms with Gasteiger partial charge in [0.2, 0.25) is 11.8 Å². The van der Waals surface area contributed by atoms with E-state index in [-0.39, 0.29) is 11.8 Å². The fraction of sp³-hybridized carbons (Fsp3) is 0.812.